The monoisotopic (exact) mass is 346 g/mol. The van der Waals surface area contributed by atoms with E-state index in [1.165, 1.54) is 10.1 Å². The van der Waals surface area contributed by atoms with E-state index < -0.39 is 0 Å². The van der Waals surface area contributed by atoms with Crippen LogP contribution in [0.4, 0.5) is 0 Å². The summed E-state index contributed by atoms with van der Waals surface area (Å²) in [5.41, 5.74) is 2.46. The van der Waals surface area contributed by atoms with Crippen LogP contribution >= 0.6 is 11.6 Å². The van der Waals surface area contributed by atoms with Crippen molar-refractivity contribution in [3.63, 3.8) is 0 Å². The van der Waals surface area contributed by atoms with Crippen molar-refractivity contribution in [3.8, 4) is 11.3 Å². The lowest BCUT2D eigenvalue weighted by atomic mass is 10.1. The van der Waals surface area contributed by atoms with Crippen LogP contribution in [0.5, 0.6) is 0 Å². The van der Waals surface area contributed by atoms with Gasteiger partial charge >= 0.3 is 0 Å². The fourth-order valence-electron chi connectivity index (χ4n) is 2.85. The molecule has 0 amide bonds. The van der Waals surface area contributed by atoms with Crippen LogP contribution in [-0.4, -0.2) is 9.78 Å². The second-order valence-corrected chi connectivity index (χ2v) is 6.28. The molecule has 25 heavy (non-hydrogen) atoms. The van der Waals surface area contributed by atoms with Crippen LogP contribution in [0.1, 0.15) is 5.56 Å². The maximum absolute atomic E-state index is 12.2. The molecule has 1 aromatic heterocycles. The molecule has 122 valence electrons. The second-order valence-electron chi connectivity index (χ2n) is 5.87. The summed E-state index contributed by atoms with van der Waals surface area (Å²) in [6.07, 6.45) is 0. The standard InChI is InChI=1S/C21H15ClN2O/c22-19-8-4-3-7-18(19)14-24-21(25)12-11-20(23-24)17-10-9-15-5-1-2-6-16(15)13-17/h1-13H,14H2. The Morgan fingerprint density at radius 1 is 0.840 bits per heavy atom. The number of nitrogens with zero attached hydrogens (tertiary/aromatic N) is 2. The molecule has 0 spiro atoms. The molecule has 4 rings (SSSR count). The summed E-state index contributed by atoms with van der Waals surface area (Å²) in [7, 11) is 0. The molecule has 0 aliphatic heterocycles. The number of fused-ring (bicyclic) bond motifs is 1. The summed E-state index contributed by atoms with van der Waals surface area (Å²) >= 11 is 6.21. The van der Waals surface area contributed by atoms with Gasteiger partial charge in [0.25, 0.3) is 5.56 Å². The largest absolute Gasteiger partial charge is 0.268 e. The van der Waals surface area contributed by atoms with Crippen molar-refractivity contribution in [3.05, 3.63) is 99.8 Å². The molecule has 0 N–H and O–H groups in total. The molecule has 0 fully saturated rings. The van der Waals surface area contributed by atoms with Gasteiger partial charge in [-0.05, 0) is 34.5 Å². The quantitative estimate of drug-likeness (QED) is 0.536. The zero-order chi connectivity index (χ0) is 17.2. The van der Waals surface area contributed by atoms with E-state index in [0.717, 1.165) is 22.2 Å². The van der Waals surface area contributed by atoms with E-state index in [2.05, 4.69) is 29.4 Å². The lowest BCUT2D eigenvalue weighted by Crippen LogP contribution is -2.23. The lowest BCUT2D eigenvalue weighted by Gasteiger charge is -2.09. The Labute approximate surface area is 150 Å². The fourth-order valence-corrected chi connectivity index (χ4v) is 3.05. The van der Waals surface area contributed by atoms with Gasteiger partial charge in [-0.25, -0.2) is 4.68 Å². The Bertz CT molecular complexity index is 1120. The van der Waals surface area contributed by atoms with Crippen LogP contribution < -0.4 is 5.56 Å². The smallest absolute Gasteiger partial charge is 0.267 e. The summed E-state index contributed by atoms with van der Waals surface area (Å²) in [4.78, 5) is 12.2. The van der Waals surface area contributed by atoms with Gasteiger partial charge in [0.1, 0.15) is 0 Å². The Morgan fingerprint density at radius 3 is 2.44 bits per heavy atom. The van der Waals surface area contributed by atoms with Gasteiger partial charge in [0.15, 0.2) is 0 Å². The summed E-state index contributed by atoms with van der Waals surface area (Å²) in [5.74, 6) is 0. The number of hydrogen-bond acceptors (Lipinski definition) is 2. The van der Waals surface area contributed by atoms with E-state index in [4.69, 9.17) is 11.6 Å². The van der Waals surface area contributed by atoms with Crippen molar-refractivity contribution in [2.45, 2.75) is 6.54 Å². The fraction of sp³-hybridized carbons (Fsp3) is 0.0476. The van der Waals surface area contributed by atoms with E-state index in [1.807, 2.05) is 42.5 Å². The van der Waals surface area contributed by atoms with Gasteiger partial charge in [-0.15, -0.1) is 0 Å². The minimum absolute atomic E-state index is 0.149. The molecule has 0 aliphatic rings. The zero-order valence-electron chi connectivity index (χ0n) is 13.4. The number of benzene rings is 3. The molecule has 4 heteroatoms. The Morgan fingerprint density at radius 2 is 1.60 bits per heavy atom. The number of rotatable bonds is 3. The SMILES string of the molecule is O=c1ccc(-c2ccc3ccccc3c2)nn1Cc1ccccc1Cl. The minimum Gasteiger partial charge on any atom is -0.268 e. The molecule has 0 radical (unpaired) electrons. The zero-order valence-corrected chi connectivity index (χ0v) is 14.1. The topological polar surface area (TPSA) is 34.9 Å². The maximum Gasteiger partial charge on any atom is 0.267 e. The van der Waals surface area contributed by atoms with E-state index >= 15 is 0 Å². The van der Waals surface area contributed by atoms with Crippen molar-refractivity contribution in [2.24, 2.45) is 0 Å². The minimum atomic E-state index is -0.149. The van der Waals surface area contributed by atoms with Crippen molar-refractivity contribution in [2.75, 3.05) is 0 Å². The molecule has 0 atom stereocenters. The third kappa shape index (κ3) is 3.19. The van der Waals surface area contributed by atoms with Crippen molar-refractivity contribution in [1.29, 1.82) is 0 Å². The molecule has 3 aromatic carbocycles. The van der Waals surface area contributed by atoms with Gasteiger partial charge in [0, 0.05) is 16.7 Å². The van der Waals surface area contributed by atoms with Gasteiger partial charge in [0.05, 0.1) is 12.2 Å². The van der Waals surface area contributed by atoms with E-state index in [1.54, 1.807) is 12.1 Å². The first-order valence-corrected chi connectivity index (χ1v) is 8.39. The van der Waals surface area contributed by atoms with Crippen LogP contribution in [0.15, 0.2) is 83.7 Å². The van der Waals surface area contributed by atoms with Crippen molar-refractivity contribution >= 4 is 22.4 Å². The predicted octanol–water partition coefficient (Wildman–Crippen LogP) is 4.77. The van der Waals surface area contributed by atoms with Crippen LogP contribution in [-0.2, 0) is 6.54 Å². The van der Waals surface area contributed by atoms with Crippen LogP contribution in [0.2, 0.25) is 5.02 Å². The molecule has 0 aliphatic carbocycles. The lowest BCUT2D eigenvalue weighted by molar-refractivity contribution is 0.643. The Kier molecular flexibility index (Phi) is 4.08. The summed E-state index contributed by atoms with van der Waals surface area (Å²) in [6, 6.07) is 25.1. The Balaban J connectivity index is 1.76. The van der Waals surface area contributed by atoms with E-state index in [-0.39, 0.29) is 5.56 Å². The highest BCUT2D eigenvalue weighted by Gasteiger charge is 2.07. The number of aromatic nitrogens is 2. The highest BCUT2D eigenvalue weighted by Crippen LogP contribution is 2.22. The molecule has 0 saturated heterocycles. The van der Waals surface area contributed by atoms with E-state index in [0.29, 0.717) is 11.6 Å². The highest BCUT2D eigenvalue weighted by atomic mass is 35.5. The van der Waals surface area contributed by atoms with Gasteiger partial charge in [-0.1, -0.05) is 66.2 Å². The van der Waals surface area contributed by atoms with Crippen LogP contribution in [0.25, 0.3) is 22.0 Å². The molecule has 3 nitrogen and oxygen atoms in total. The highest BCUT2D eigenvalue weighted by molar-refractivity contribution is 6.31. The summed E-state index contributed by atoms with van der Waals surface area (Å²) in [6.45, 7) is 0.347. The molecule has 1 heterocycles. The predicted molar refractivity (Wildman–Crippen MR) is 102 cm³/mol. The van der Waals surface area contributed by atoms with Crippen LogP contribution in [0.3, 0.4) is 0 Å². The average molecular weight is 347 g/mol. The Hall–Kier alpha value is -2.91. The van der Waals surface area contributed by atoms with E-state index in [9.17, 15) is 4.79 Å². The molecular formula is C21H15ClN2O. The first kappa shape index (κ1) is 15.6. The van der Waals surface area contributed by atoms with Gasteiger partial charge in [0.2, 0.25) is 0 Å². The summed E-state index contributed by atoms with van der Waals surface area (Å²) < 4.78 is 1.45. The third-order valence-electron chi connectivity index (χ3n) is 4.19. The summed E-state index contributed by atoms with van der Waals surface area (Å²) in [5, 5.41) is 7.48. The molecule has 0 bridgehead atoms. The second kappa shape index (κ2) is 6.54. The third-order valence-corrected chi connectivity index (χ3v) is 4.56. The number of hydrogen-bond donors (Lipinski definition) is 0. The molecule has 0 unspecified atom stereocenters. The van der Waals surface area contributed by atoms with Crippen molar-refractivity contribution < 1.29 is 0 Å². The maximum atomic E-state index is 12.2. The molecule has 0 saturated carbocycles. The van der Waals surface area contributed by atoms with Gasteiger partial charge in [-0.3, -0.25) is 4.79 Å². The first-order valence-electron chi connectivity index (χ1n) is 8.01. The van der Waals surface area contributed by atoms with Crippen LogP contribution in [0, 0.1) is 0 Å². The van der Waals surface area contributed by atoms with Gasteiger partial charge in [-0.2, -0.15) is 5.10 Å². The average Bonchev–Trinajstić information content (AvgIpc) is 2.65. The first-order chi connectivity index (χ1) is 12.2. The molecular weight excluding hydrogens is 332 g/mol. The normalized spacial score (nSPS) is 10.9. The van der Waals surface area contributed by atoms with Crippen molar-refractivity contribution in [1.82, 2.24) is 9.78 Å². The van der Waals surface area contributed by atoms with Gasteiger partial charge < -0.3 is 0 Å². The number of halogens is 1. The molecule has 4 aromatic rings.